The Morgan fingerprint density at radius 2 is 1.72 bits per heavy atom. The second-order valence-corrected chi connectivity index (χ2v) is 7.97. The zero-order valence-electron chi connectivity index (χ0n) is 17.5. The van der Waals surface area contributed by atoms with E-state index in [1.807, 2.05) is 44.2 Å². The van der Waals surface area contributed by atoms with Crippen molar-refractivity contribution < 1.29 is 18.9 Å². The maximum absolute atomic E-state index is 6.26. The molecule has 4 heteroatoms. The van der Waals surface area contributed by atoms with Crippen LogP contribution in [0.25, 0.3) is 10.8 Å². The van der Waals surface area contributed by atoms with Gasteiger partial charge in [-0.05, 0) is 60.4 Å². The highest BCUT2D eigenvalue weighted by Crippen LogP contribution is 2.43. The predicted octanol–water partition coefficient (Wildman–Crippen LogP) is 5.82. The maximum atomic E-state index is 6.26. The van der Waals surface area contributed by atoms with Gasteiger partial charge in [0.1, 0.15) is 12.2 Å². The van der Waals surface area contributed by atoms with Crippen LogP contribution in [0.3, 0.4) is 0 Å². The van der Waals surface area contributed by atoms with E-state index in [9.17, 15) is 0 Å². The third kappa shape index (κ3) is 3.96. The molecule has 1 atom stereocenters. The van der Waals surface area contributed by atoms with Crippen molar-refractivity contribution in [3.05, 3.63) is 71.8 Å². The maximum Gasteiger partial charge on any atom is 0.164 e. The fourth-order valence-electron chi connectivity index (χ4n) is 3.90. The summed E-state index contributed by atoms with van der Waals surface area (Å²) in [6.45, 7) is 7.01. The number of hydrogen-bond acceptors (Lipinski definition) is 4. The van der Waals surface area contributed by atoms with E-state index in [-0.39, 0.29) is 0 Å². The highest BCUT2D eigenvalue weighted by molar-refractivity contribution is 5.82. The summed E-state index contributed by atoms with van der Waals surface area (Å²) in [5.74, 6) is 0.826. The van der Waals surface area contributed by atoms with Gasteiger partial charge in [0.05, 0.1) is 13.7 Å². The van der Waals surface area contributed by atoms with Gasteiger partial charge in [-0.3, -0.25) is 0 Å². The smallest absolute Gasteiger partial charge is 0.164 e. The summed E-state index contributed by atoms with van der Waals surface area (Å²) < 4.78 is 23.8. The van der Waals surface area contributed by atoms with Crippen LogP contribution in [0, 0.1) is 0 Å². The van der Waals surface area contributed by atoms with Gasteiger partial charge in [0.2, 0.25) is 0 Å². The summed E-state index contributed by atoms with van der Waals surface area (Å²) >= 11 is 0. The summed E-state index contributed by atoms with van der Waals surface area (Å²) in [7, 11) is 1.66. The molecule has 1 aliphatic rings. The average Bonchev–Trinajstić information content (AvgIpc) is 3.08. The molecule has 0 aromatic heterocycles. The van der Waals surface area contributed by atoms with Gasteiger partial charge in [-0.25, -0.2) is 0 Å². The van der Waals surface area contributed by atoms with Gasteiger partial charge in [0.15, 0.2) is 17.3 Å². The lowest BCUT2D eigenvalue weighted by molar-refractivity contribution is -0.164. The average molecular weight is 392 g/mol. The highest BCUT2D eigenvalue weighted by Gasteiger charge is 2.45. The Morgan fingerprint density at radius 3 is 2.41 bits per heavy atom. The Balaban J connectivity index is 1.55. The Morgan fingerprint density at radius 1 is 0.931 bits per heavy atom. The molecule has 1 saturated heterocycles. The van der Waals surface area contributed by atoms with Gasteiger partial charge in [0.25, 0.3) is 0 Å². The van der Waals surface area contributed by atoms with E-state index < -0.39 is 11.4 Å². The molecule has 4 rings (SSSR count). The first-order valence-electron chi connectivity index (χ1n) is 10.1. The molecule has 1 heterocycles. The molecule has 29 heavy (non-hydrogen) atoms. The van der Waals surface area contributed by atoms with Crippen LogP contribution in [0.1, 0.15) is 38.3 Å². The van der Waals surface area contributed by atoms with Crippen molar-refractivity contribution in [3.63, 3.8) is 0 Å². The Bertz CT molecular complexity index is 1010. The molecule has 0 radical (unpaired) electrons. The molecular weight excluding hydrogens is 364 g/mol. The van der Waals surface area contributed by atoms with Crippen LogP contribution in [0.5, 0.6) is 11.5 Å². The summed E-state index contributed by atoms with van der Waals surface area (Å²) in [6.07, 6.45) is 0.816. The lowest BCUT2D eigenvalue weighted by Gasteiger charge is -2.29. The third-order valence-corrected chi connectivity index (χ3v) is 5.56. The number of benzene rings is 3. The van der Waals surface area contributed by atoms with Gasteiger partial charge in [-0.2, -0.15) is 0 Å². The van der Waals surface area contributed by atoms with Gasteiger partial charge >= 0.3 is 0 Å². The fraction of sp³-hybridized carbons (Fsp3) is 0.360. The lowest BCUT2D eigenvalue weighted by atomic mass is 9.91. The van der Waals surface area contributed by atoms with Gasteiger partial charge < -0.3 is 18.9 Å². The zero-order valence-corrected chi connectivity index (χ0v) is 17.5. The minimum atomic E-state index is -0.589. The summed E-state index contributed by atoms with van der Waals surface area (Å²) in [6, 6.07) is 20.7. The van der Waals surface area contributed by atoms with Crippen LogP contribution in [0.4, 0.5) is 0 Å². The molecule has 0 N–H and O–H groups in total. The topological polar surface area (TPSA) is 36.9 Å². The van der Waals surface area contributed by atoms with E-state index in [0.717, 1.165) is 17.5 Å². The molecule has 152 valence electrons. The molecular formula is C25H28O4. The molecule has 3 aromatic carbocycles. The first kappa shape index (κ1) is 19.7. The lowest BCUT2D eigenvalue weighted by Crippen LogP contribution is -2.31. The van der Waals surface area contributed by atoms with Crippen molar-refractivity contribution >= 4 is 10.8 Å². The van der Waals surface area contributed by atoms with Crippen molar-refractivity contribution in [2.24, 2.45) is 0 Å². The quantitative estimate of drug-likeness (QED) is 0.530. The van der Waals surface area contributed by atoms with E-state index in [1.54, 1.807) is 7.11 Å². The first-order chi connectivity index (χ1) is 13.9. The van der Waals surface area contributed by atoms with E-state index in [4.69, 9.17) is 18.9 Å². The SMILES string of the molecule is CCC1(c2ccc(OCc3ccc4ccccc4c3)c(OC)c2)COC(C)(C)O1. The van der Waals surface area contributed by atoms with Crippen molar-refractivity contribution in [2.45, 2.75) is 45.2 Å². The van der Waals surface area contributed by atoms with Crippen molar-refractivity contribution in [1.29, 1.82) is 0 Å². The van der Waals surface area contributed by atoms with E-state index in [1.165, 1.54) is 10.8 Å². The van der Waals surface area contributed by atoms with Crippen molar-refractivity contribution in [2.75, 3.05) is 13.7 Å². The minimum Gasteiger partial charge on any atom is -0.493 e. The minimum absolute atomic E-state index is 0.465. The van der Waals surface area contributed by atoms with Crippen molar-refractivity contribution in [1.82, 2.24) is 0 Å². The molecule has 4 nitrogen and oxygen atoms in total. The zero-order chi connectivity index (χ0) is 20.5. The monoisotopic (exact) mass is 392 g/mol. The van der Waals surface area contributed by atoms with Crippen LogP contribution < -0.4 is 9.47 Å². The standard InChI is InChI=1S/C25H28O4/c1-5-25(17-28-24(2,3)29-25)21-12-13-22(23(15-21)26-4)27-16-18-10-11-19-8-6-7-9-20(19)14-18/h6-15H,5,16-17H2,1-4H3. The van der Waals surface area contributed by atoms with Crippen LogP contribution in [0.15, 0.2) is 60.7 Å². The van der Waals surface area contributed by atoms with Crippen LogP contribution >= 0.6 is 0 Å². The molecule has 0 aliphatic carbocycles. The number of ether oxygens (including phenoxy) is 4. The van der Waals surface area contributed by atoms with Crippen molar-refractivity contribution in [3.8, 4) is 11.5 Å². The normalized spacial score (nSPS) is 20.7. The molecule has 3 aromatic rings. The van der Waals surface area contributed by atoms with E-state index in [2.05, 4.69) is 37.3 Å². The fourth-order valence-corrected chi connectivity index (χ4v) is 3.90. The molecule has 1 fully saturated rings. The third-order valence-electron chi connectivity index (χ3n) is 5.56. The summed E-state index contributed by atoms with van der Waals surface area (Å²) in [5.41, 5.74) is 1.70. The predicted molar refractivity (Wildman–Crippen MR) is 114 cm³/mol. The Kier molecular flexibility index (Phi) is 5.24. The Hall–Kier alpha value is -2.56. The Labute approximate surface area is 172 Å². The van der Waals surface area contributed by atoms with Crippen LogP contribution in [-0.2, 0) is 21.7 Å². The summed E-state index contributed by atoms with van der Waals surface area (Å²) in [4.78, 5) is 0. The van der Waals surface area contributed by atoms with Crippen LogP contribution in [-0.4, -0.2) is 19.5 Å². The molecule has 1 unspecified atom stereocenters. The summed E-state index contributed by atoms with van der Waals surface area (Å²) in [5, 5.41) is 2.44. The highest BCUT2D eigenvalue weighted by atomic mass is 16.8. The van der Waals surface area contributed by atoms with Gasteiger partial charge in [0, 0.05) is 0 Å². The molecule has 0 spiro atoms. The molecule has 0 saturated carbocycles. The molecule has 0 bridgehead atoms. The van der Waals surface area contributed by atoms with Crippen LogP contribution in [0.2, 0.25) is 0 Å². The van der Waals surface area contributed by atoms with Gasteiger partial charge in [-0.15, -0.1) is 0 Å². The second-order valence-electron chi connectivity index (χ2n) is 7.97. The second kappa shape index (κ2) is 7.69. The molecule has 1 aliphatic heterocycles. The number of methoxy groups -OCH3 is 1. The molecule has 0 amide bonds. The number of hydrogen-bond donors (Lipinski definition) is 0. The number of rotatable bonds is 6. The first-order valence-corrected chi connectivity index (χ1v) is 10.1. The largest absolute Gasteiger partial charge is 0.493 e. The van der Waals surface area contributed by atoms with E-state index >= 15 is 0 Å². The van der Waals surface area contributed by atoms with Gasteiger partial charge in [-0.1, -0.05) is 49.4 Å². The van der Waals surface area contributed by atoms with E-state index in [0.29, 0.717) is 24.7 Å². The number of fused-ring (bicyclic) bond motifs is 1.